The third-order valence-corrected chi connectivity index (χ3v) is 5.71. The first-order valence-electron chi connectivity index (χ1n) is 5.71. The van der Waals surface area contributed by atoms with Crippen LogP contribution >= 0.6 is 27.3 Å². The first kappa shape index (κ1) is 11.7. The van der Waals surface area contributed by atoms with Gasteiger partial charge in [0.1, 0.15) is 0 Å². The van der Waals surface area contributed by atoms with Crippen LogP contribution in [0.3, 0.4) is 0 Å². The second kappa shape index (κ2) is 4.21. The Kier molecular flexibility index (Phi) is 3.27. The first-order chi connectivity index (χ1) is 6.97. The van der Waals surface area contributed by atoms with Crippen LogP contribution in [0.15, 0.2) is 12.1 Å². The number of halogens is 1. The largest absolute Gasteiger partial charge is 0.144 e. The quantitative estimate of drug-likeness (QED) is 0.663. The van der Waals surface area contributed by atoms with Gasteiger partial charge in [-0.15, -0.1) is 11.3 Å². The molecule has 1 fully saturated rings. The van der Waals surface area contributed by atoms with E-state index >= 15 is 0 Å². The van der Waals surface area contributed by atoms with Gasteiger partial charge < -0.3 is 0 Å². The summed E-state index contributed by atoms with van der Waals surface area (Å²) in [5.74, 6) is 0.995. The summed E-state index contributed by atoms with van der Waals surface area (Å²) in [5.41, 5.74) is 0.301. The molecule has 1 unspecified atom stereocenters. The van der Waals surface area contributed by atoms with Crippen LogP contribution in [0.25, 0.3) is 0 Å². The monoisotopic (exact) mass is 286 g/mol. The molecule has 0 bridgehead atoms. The summed E-state index contributed by atoms with van der Waals surface area (Å²) in [6, 6.07) is 4.59. The maximum atomic E-state index is 3.82. The molecule has 1 saturated carbocycles. The molecule has 1 aliphatic rings. The van der Waals surface area contributed by atoms with Crippen LogP contribution in [0.2, 0.25) is 0 Å². The van der Waals surface area contributed by atoms with Crippen LogP contribution in [-0.4, -0.2) is 0 Å². The van der Waals surface area contributed by atoms with E-state index in [1.807, 2.05) is 11.3 Å². The van der Waals surface area contributed by atoms with Gasteiger partial charge in [0.05, 0.1) is 0 Å². The van der Waals surface area contributed by atoms with E-state index in [4.69, 9.17) is 0 Å². The highest BCUT2D eigenvalue weighted by molar-refractivity contribution is 9.09. The topological polar surface area (TPSA) is 0 Å². The van der Waals surface area contributed by atoms with E-state index in [0.29, 0.717) is 10.2 Å². The third-order valence-electron chi connectivity index (χ3n) is 2.91. The minimum absolute atomic E-state index is 0.301. The zero-order chi connectivity index (χ0) is 11.1. The average Bonchev–Trinajstić information content (AvgIpc) is 2.80. The molecule has 0 aliphatic heterocycles. The Morgan fingerprint density at radius 2 is 2.07 bits per heavy atom. The summed E-state index contributed by atoms with van der Waals surface area (Å²) in [4.78, 5) is 3.59. The van der Waals surface area contributed by atoms with E-state index in [2.05, 4.69) is 48.8 Å². The molecular formula is C13H19BrS. The van der Waals surface area contributed by atoms with Gasteiger partial charge >= 0.3 is 0 Å². The Balaban J connectivity index is 2.05. The van der Waals surface area contributed by atoms with E-state index in [9.17, 15) is 0 Å². The van der Waals surface area contributed by atoms with Gasteiger partial charge in [-0.05, 0) is 29.9 Å². The Morgan fingerprint density at radius 3 is 2.53 bits per heavy atom. The van der Waals surface area contributed by atoms with Crippen molar-refractivity contribution in [2.75, 3.05) is 0 Å². The van der Waals surface area contributed by atoms with Crippen LogP contribution in [0.5, 0.6) is 0 Å². The SMILES string of the molecule is CC(C)(C)c1ccc(C(Br)CC2CC2)s1. The molecule has 0 nitrogen and oxygen atoms in total. The highest BCUT2D eigenvalue weighted by atomic mass is 79.9. The normalized spacial score (nSPS) is 19.2. The Hall–Kier alpha value is 0.180. The number of alkyl halides is 1. The van der Waals surface area contributed by atoms with Gasteiger partial charge in [-0.1, -0.05) is 49.5 Å². The second-order valence-electron chi connectivity index (χ2n) is 5.60. The molecular weight excluding hydrogens is 268 g/mol. The standard InChI is InChI=1S/C13H19BrS/c1-13(2,3)12-7-6-11(15-12)10(14)8-9-4-5-9/h6-7,9-10H,4-5,8H2,1-3H3. The molecule has 0 saturated heterocycles. The molecule has 1 aliphatic carbocycles. The zero-order valence-corrected chi connectivity index (χ0v) is 12.1. The lowest BCUT2D eigenvalue weighted by atomic mass is 9.95. The summed E-state index contributed by atoms with van der Waals surface area (Å²) in [7, 11) is 0. The molecule has 0 radical (unpaired) electrons. The van der Waals surface area contributed by atoms with Gasteiger partial charge in [-0.3, -0.25) is 0 Å². The van der Waals surface area contributed by atoms with Gasteiger partial charge in [0.25, 0.3) is 0 Å². The molecule has 84 valence electrons. The summed E-state index contributed by atoms with van der Waals surface area (Å²) in [6.45, 7) is 6.85. The van der Waals surface area contributed by atoms with Gasteiger partial charge in [0.15, 0.2) is 0 Å². The van der Waals surface area contributed by atoms with Crippen molar-refractivity contribution < 1.29 is 0 Å². The second-order valence-corrected chi connectivity index (χ2v) is 7.82. The molecule has 1 aromatic rings. The summed E-state index contributed by atoms with van der Waals surface area (Å²) >= 11 is 5.79. The Morgan fingerprint density at radius 1 is 1.40 bits per heavy atom. The van der Waals surface area contributed by atoms with E-state index in [1.165, 1.54) is 29.0 Å². The van der Waals surface area contributed by atoms with Crippen molar-refractivity contribution in [1.29, 1.82) is 0 Å². The number of hydrogen-bond donors (Lipinski definition) is 0. The highest BCUT2D eigenvalue weighted by Gasteiger charge is 2.26. The minimum Gasteiger partial charge on any atom is -0.144 e. The fourth-order valence-corrected chi connectivity index (χ4v) is 3.70. The summed E-state index contributed by atoms with van der Waals surface area (Å²) < 4.78 is 0. The predicted octanol–water partition coefficient (Wildman–Crippen LogP) is 5.28. The van der Waals surface area contributed by atoms with Crippen LogP contribution < -0.4 is 0 Å². The summed E-state index contributed by atoms with van der Waals surface area (Å²) in [5, 5.41) is 0. The van der Waals surface area contributed by atoms with E-state index in [0.717, 1.165) is 5.92 Å². The van der Waals surface area contributed by atoms with Crippen LogP contribution in [-0.2, 0) is 5.41 Å². The van der Waals surface area contributed by atoms with Crippen molar-refractivity contribution in [3.8, 4) is 0 Å². The number of rotatable bonds is 3. The van der Waals surface area contributed by atoms with Crippen molar-refractivity contribution in [1.82, 2.24) is 0 Å². The Bertz CT molecular complexity index is 331. The van der Waals surface area contributed by atoms with Gasteiger partial charge in [0.2, 0.25) is 0 Å². The lowest BCUT2D eigenvalue weighted by molar-refractivity contribution is 0.604. The highest BCUT2D eigenvalue weighted by Crippen LogP contribution is 2.44. The fraction of sp³-hybridized carbons (Fsp3) is 0.692. The van der Waals surface area contributed by atoms with Crippen molar-refractivity contribution in [3.05, 3.63) is 21.9 Å². The van der Waals surface area contributed by atoms with E-state index in [1.54, 1.807) is 0 Å². The smallest absolute Gasteiger partial charge is 0.0491 e. The molecule has 2 rings (SSSR count). The molecule has 2 heteroatoms. The maximum Gasteiger partial charge on any atom is 0.0491 e. The molecule has 0 amide bonds. The molecule has 0 N–H and O–H groups in total. The maximum absolute atomic E-state index is 3.82. The van der Waals surface area contributed by atoms with Crippen LogP contribution in [0, 0.1) is 5.92 Å². The third kappa shape index (κ3) is 3.07. The lowest BCUT2D eigenvalue weighted by Crippen LogP contribution is -2.07. The van der Waals surface area contributed by atoms with Gasteiger partial charge in [0, 0.05) is 14.6 Å². The van der Waals surface area contributed by atoms with Crippen molar-refractivity contribution >= 4 is 27.3 Å². The lowest BCUT2D eigenvalue weighted by Gasteiger charge is -2.15. The van der Waals surface area contributed by atoms with Crippen molar-refractivity contribution in [2.45, 2.75) is 50.3 Å². The molecule has 1 atom stereocenters. The molecule has 0 spiro atoms. The van der Waals surface area contributed by atoms with Crippen LogP contribution in [0.4, 0.5) is 0 Å². The van der Waals surface area contributed by atoms with Gasteiger partial charge in [-0.2, -0.15) is 0 Å². The zero-order valence-electron chi connectivity index (χ0n) is 9.72. The molecule has 0 aromatic carbocycles. The number of hydrogen-bond acceptors (Lipinski definition) is 1. The van der Waals surface area contributed by atoms with Crippen LogP contribution in [0.1, 0.15) is 54.6 Å². The molecule has 1 aromatic heterocycles. The minimum atomic E-state index is 0.301. The van der Waals surface area contributed by atoms with E-state index < -0.39 is 0 Å². The first-order valence-corrected chi connectivity index (χ1v) is 7.44. The fourth-order valence-electron chi connectivity index (χ4n) is 1.69. The summed E-state index contributed by atoms with van der Waals surface area (Å²) in [6.07, 6.45) is 4.21. The van der Waals surface area contributed by atoms with Crippen molar-refractivity contribution in [3.63, 3.8) is 0 Å². The average molecular weight is 287 g/mol. The van der Waals surface area contributed by atoms with E-state index in [-0.39, 0.29) is 0 Å². The number of thiophene rings is 1. The van der Waals surface area contributed by atoms with Gasteiger partial charge in [-0.25, -0.2) is 0 Å². The Labute approximate surface area is 105 Å². The molecule has 1 heterocycles. The molecule has 15 heavy (non-hydrogen) atoms. The predicted molar refractivity (Wildman–Crippen MR) is 72.0 cm³/mol. The van der Waals surface area contributed by atoms with Crippen molar-refractivity contribution in [2.24, 2.45) is 5.92 Å².